The van der Waals surface area contributed by atoms with E-state index in [4.69, 9.17) is 18.6 Å². The zero-order valence-electron chi connectivity index (χ0n) is 21.5. The first-order chi connectivity index (χ1) is 17.1. The number of benzene rings is 2. The van der Waals surface area contributed by atoms with Crippen molar-refractivity contribution in [2.75, 3.05) is 13.2 Å². The van der Waals surface area contributed by atoms with Crippen molar-refractivity contribution in [1.82, 2.24) is 10.3 Å². The number of rotatable bonds is 10. The van der Waals surface area contributed by atoms with Crippen molar-refractivity contribution in [2.45, 2.75) is 59.1 Å². The van der Waals surface area contributed by atoms with Crippen molar-refractivity contribution in [1.29, 1.82) is 0 Å². The van der Waals surface area contributed by atoms with Gasteiger partial charge in [0.15, 0.2) is 0 Å². The number of oxazole rings is 1. The van der Waals surface area contributed by atoms with Gasteiger partial charge in [0.05, 0.1) is 18.9 Å². The highest BCUT2D eigenvalue weighted by atomic mass is 16.6. The molecule has 36 heavy (non-hydrogen) atoms. The fraction of sp³-hybridized carbons (Fsp3) is 0.393. The maximum atomic E-state index is 12.4. The number of carbonyl (C=O) groups excluding carboxylic acids is 2. The van der Waals surface area contributed by atoms with E-state index in [0.717, 1.165) is 22.6 Å². The highest BCUT2D eigenvalue weighted by Crippen LogP contribution is 2.22. The number of alkyl carbamates (subject to hydrolysis) is 1. The molecule has 0 aliphatic carbocycles. The van der Waals surface area contributed by atoms with Crippen LogP contribution in [-0.2, 0) is 27.1 Å². The summed E-state index contributed by atoms with van der Waals surface area (Å²) in [6.07, 6.45) is 0.201. The third-order valence-corrected chi connectivity index (χ3v) is 5.15. The lowest BCUT2D eigenvalue weighted by Crippen LogP contribution is -2.45. The van der Waals surface area contributed by atoms with Crippen LogP contribution < -0.4 is 10.1 Å². The van der Waals surface area contributed by atoms with Gasteiger partial charge in [-0.25, -0.2) is 14.6 Å². The van der Waals surface area contributed by atoms with Crippen molar-refractivity contribution in [2.24, 2.45) is 0 Å². The maximum absolute atomic E-state index is 12.4. The summed E-state index contributed by atoms with van der Waals surface area (Å²) in [6.45, 7) is 9.55. The van der Waals surface area contributed by atoms with Gasteiger partial charge in [0.25, 0.3) is 0 Å². The first-order valence-electron chi connectivity index (χ1n) is 12.0. The molecule has 1 unspecified atom stereocenters. The lowest BCUT2D eigenvalue weighted by Gasteiger charge is -2.23. The predicted octanol–water partition coefficient (Wildman–Crippen LogP) is 5.27. The van der Waals surface area contributed by atoms with Crippen molar-refractivity contribution in [3.05, 3.63) is 71.6 Å². The molecule has 3 rings (SSSR count). The monoisotopic (exact) mass is 494 g/mol. The Morgan fingerprint density at radius 2 is 1.75 bits per heavy atom. The Bertz CT molecular complexity index is 1130. The predicted molar refractivity (Wildman–Crippen MR) is 136 cm³/mol. The zero-order chi connectivity index (χ0) is 26.1. The molecule has 0 saturated heterocycles. The Kier molecular flexibility index (Phi) is 9.11. The van der Waals surface area contributed by atoms with Crippen LogP contribution in [0.3, 0.4) is 0 Å². The second-order valence-electron chi connectivity index (χ2n) is 9.29. The Labute approximate surface area is 212 Å². The van der Waals surface area contributed by atoms with Crippen molar-refractivity contribution in [3.63, 3.8) is 0 Å². The van der Waals surface area contributed by atoms with E-state index >= 15 is 0 Å². The van der Waals surface area contributed by atoms with Gasteiger partial charge in [-0.05, 0) is 64.4 Å². The summed E-state index contributed by atoms with van der Waals surface area (Å²) in [4.78, 5) is 29.2. The minimum absolute atomic E-state index is 0.218. The summed E-state index contributed by atoms with van der Waals surface area (Å²) in [6, 6.07) is 16.3. The van der Waals surface area contributed by atoms with Gasteiger partial charge in [0.2, 0.25) is 5.89 Å². The number of amides is 1. The molecule has 2 aromatic carbocycles. The summed E-state index contributed by atoms with van der Waals surface area (Å²) in [5.74, 6) is 1.55. The van der Waals surface area contributed by atoms with E-state index in [1.165, 1.54) is 0 Å². The number of nitrogens with zero attached hydrogens (tertiary/aromatic N) is 1. The third kappa shape index (κ3) is 8.15. The quantitative estimate of drug-likeness (QED) is 0.383. The fourth-order valence-corrected chi connectivity index (χ4v) is 3.47. The standard InChI is InChI=1S/C28H34N2O6/c1-6-33-26(31)24(30-27(32)36-28(3,4)5)18-20-12-14-22(15-13-20)34-17-16-23-19(2)35-25(29-23)21-10-8-7-9-11-21/h7-15,24H,6,16-18H2,1-5H3,(H,30,32). The van der Waals surface area contributed by atoms with E-state index in [2.05, 4.69) is 10.3 Å². The number of carbonyl (C=O) groups is 2. The van der Waals surface area contributed by atoms with Gasteiger partial charge >= 0.3 is 12.1 Å². The van der Waals surface area contributed by atoms with Crippen molar-refractivity contribution in [3.8, 4) is 17.2 Å². The summed E-state index contributed by atoms with van der Waals surface area (Å²) in [7, 11) is 0. The molecular formula is C28H34N2O6. The number of esters is 1. The zero-order valence-corrected chi connectivity index (χ0v) is 21.5. The highest BCUT2D eigenvalue weighted by Gasteiger charge is 2.25. The summed E-state index contributed by atoms with van der Waals surface area (Å²) in [5.41, 5.74) is 1.97. The average molecular weight is 495 g/mol. The Balaban J connectivity index is 1.55. The van der Waals surface area contributed by atoms with E-state index in [1.54, 1.807) is 27.7 Å². The van der Waals surface area contributed by atoms with Crippen LogP contribution >= 0.6 is 0 Å². The smallest absolute Gasteiger partial charge is 0.408 e. The number of aryl methyl sites for hydroxylation is 1. The Morgan fingerprint density at radius 3 is 2.39 bits per heavy atom. The second-order valence-corrected chi connectivity index (χ2v) is 9.29. The van der Waals surface area contributed by atoms with E-state index in [1.807, 2.05) is 61.5 Å². The molecular weight excluding hydrogens is 460 g/mol. The minimum atomic E-state index is -0.861. The van der Waals surface area contributed by atoms with Gasteiger partial charge in [-0.15, -0.1) is 0 Å². The summed E-state index contributed by atoms with van der Waals surface area (Å²) < 4.78 is 22.1. The van der Waals surface area contributed by atoms with Crippen LogP contribution in [-0.4, -0.2) is 41.9 Å². The molecule has 0 saturated carbocycles. The fourth-order valence-electron chi connectivity index (χ4n) is 3.47. The van der Waals surface area contributed by atoms with Crippen LogP contribution in [0.5, 0.6) is 5.75 Å². The van der Waals surface area contributed by atoms with Crippen LogP contribution in [0.25, 0.3) is 11.5 Å². The molecule has 1 amide bonds. The number of hydrogen-bond donors (Lipinski definition) is 1. The van der Waals surface area contributed by atoms with Crippen LogP contribution in [0.4, 0.5) is 4.79 Å². The third-order valence-electron chi connectivity index (χ3n) is 5.15. The SMILES string of the molecule is CCOC(=O)C(Cc1ccc(OCCc2nc(-c3ccccc3)oc2C)cc1)NC(=O)OC(C)(C)C. The van der Waals surface area contributed by atoms with E-state index < -0.39 is 23.7 Å². The highest BCUT2D eigenvalue weighted by molar-refractivity contribution is 5.81. The van der Waals surface area contributed by atoms with Gasteiger partial charge in [0.1, 0.15) is 23.2 Å². The van der Waals surface area contributed by atoms with Crippen molar-refractivity contribution < 1.29 is 28.2 Å². The van der Waals surface area contributed by atoms with Crippen LogP contribution in [0, 0.1) is 6.92 Å². The molecule has 192 valence electrons. The minimum Gasteiger partial charge on any atom is -0.493 e. The van der Waals surface area contributed by atoms with E-state index in [0.29, 0.717) is 24.7 Å². The average Bonchev–Trinajstić information content (AvgIpc) is 3.19. The van der Waals surface area contributed by atoms with E-state index in [-0.39, 0.29) is 13.0 Å². The van der Waals surface area contributed by atoms with Gasteiger partial charge < -0.3 is 23.9 Å². The van der Waals surface area contributed by atoms with Gasteiger partial charge in [-0.2, -0.15) is 0 Å². The number of aromatic nitrogens is 1. The lowest BCUT2D eigenvalue weighted by atomic mass is 10.1. The van der Waals surface area contributed by atoms with Crippen LogP contribution in [0.2, 0.25) is 0 Å². The summed E-state index contributed by atoms with van der Waals surface area (Å²) >= 11 is 0. The summed E-state index contributed by atoms with van der Waals surface area (Å²) in [5, 5.41) is 2.61. The molecule has 0 radical (unpaired) electrons. The lowest BCUT2D eigenvalue weighted by molar-refractivity contribution is -0.145. The molecule has 0 aliphatic heterocycles. The number of hydrogen-bond acceptors (Lipinski definition) is 7. The second kappa shape index (κ2) is 12.2. The first kappa shape index (κ1) is 26.8. The molecule has 0 bridgehead atoms. The normalized spacial score (nSPS) is 12.0. The Morgan fingerprint density at radius 1 is 1.06 bits per heavy atom. The van der Waals surface area contributed by atoms with Gasteiger partial charge in [-0.1, -0.05) is 30.3 Å². The molecule has 1 N–H and O–H groups in total. The molecule has 8 nitrogen and oxygen atoms in total. The molecule has 1 heterocycles. The molecule has 1 atom stereocenters. The van der Waals surface area contributed by atoms with Gasteiger partial charge in [-0.3, -0.25) is 0 Å². The largest absolute Gasteiger partial charge is 0.493 e. The molecule has 3 aromatic rings. The van der Waals surface area contributed by atoms with Crippen molar-refractivity contribution >= 4 is 12.1 Å². The van der Waals surface area contributed by atoms with Crippen LogP contribution in [0.15, 0.2) is 59.0 Å². The molecule has 1 aromatic heterocycles. The first-order valence-corrected chi connectivity index (χ1v) is 12.0. The van der Waals surface area contributed by atoms with Crippen LogP contribution in [0.1, 0.15) is 44.7 Å². The molecule has 0 aliphatic rings. The topological polar surface area (TPSA) is 99.9 Å². The molecule has 8 heteroatoms. The van der Waals surface area contributed by atoms with Gasteiger partial charge in [0, 0.05) is 18.4 Å². The number of nitrogens with one attached hydrogen (secondary N) is 1. The molecule has 0 spiro atoms. The number of ether oxygens (including phenoxy) is 3. The Hall–Kier alpha value is -3.81. The molecule has 0 fully saturated rings. The maximum Gasteiger partial charge on any atom is 0.408 e. The van der Waals surface area contributed by atoms with E-state index in [9.17, 15) is 9.59 Å².